The van der Waals surface area contributed by atoms with E-state index in [0.29, 0.717) is 6.54 Å². The number of nitrogens with zero attached hydrogens (tertiary/aromatic N) is 2. The van der Waals surface area contributed by atoms with Gasteiger partial charge >= 0.3 is 0 Å². The van der Waals surface area contributed by atoms with Crippen LogP contribution in [0.4, 0.5) is 0 Å². The second kappa shape index (κ2) is 7.46. The Hall–Kier alpha value is -2.39. The molecule has 1 aliphatic heterocycles. The average Bonchev–Trinajstić information content (AvgIpc) is 2.75. The van der Waals surface area contributed by atoms with Crippen LogP contribution in [-0.2, 0) is 0 Å². The van der Waals surface area contributed by atoms with Crippen LogP contribution in [0.15, 0.2) is 53.5 Å². The molecule has 0 spiro atoms. The normalized spacial score (nSPS) is 16.9. The van der Waals surface area contributed by atoms with Gasteiger partial charge < -0.3 is 0 Å². The monoisotopic (exact) mass is 363 g/mol. The predicted octanol–water partition coefficient (Wildman–Crippen LogP) is 1.94. The van der Waals surface area contributed by atoms with Crippen LogP contribution in [0, 0.1) is 11.5 Å². The summed E-state index contributed by atoms with van der Waals surface area (Å²) in [4.78, 5) is 4.76. The maximum absolute atomic E-state index is 10.8. The number of likely N-dealkylation sites (N-methyl/N-ethyl adjacent to an activating group) is 1. The maximum Gasteiger partial charge on any atom is 0.129 e. The molecule has 2 N–H and O–H groups in total. The molecular formula is C21H25N3OSi. The predicted molar refractivity (Wildman–Crippen MR) is 108 cm³/mol. The summed E-state index contributed by atoms with van der Waals surface area (Å²) < 4.78 is 0. The van der Waals surface area contributed by atoms with Crippen LogP contribution in [0.1, 0.15) is 11.1 Å². The van der Waals surface area contributed by atoms with Gasteiger partial charge in [0.1, 0.15) is 14.2 Å². The first-order chi connectivity index (χ1) is 12.4. The van der Waals surface area contributed by atoms with E-state index in [1.165, 1.54) is 5.06 Å². The summed E-state index contributed by atoms with van der Waals surface area (Å²) in [5.74, 6) is 3.31. The Balaban J connectivity index is 2.29. The Morgan fingerprint density at radius 2 is 1.88 bits per heavy atom. The van der Waals surface area contributed by atoms with Gasteiger partial charge in [0.05, 0.1) is 17.6 Å². The van der Waals surface area contributed by atoms with Crippen LogP contribution in [0.25, 0.3) is 5.70 Å². The second-order valence-electron chi connectivity index (χ2n) is 7.46. The van der Waals surface area contributed by atoms with Crippen molar-refractivity contribution in [1.29, 1.82) is 0 Å². The molecule has 26 heavy (non-hydrogen) atoms. The third-order valence-electron chi connectivity index (χ3n) is 4.11. The van der Waals surface area contributed by atoms with Crippen molar-refractivity contribution < 1.29 is 5.21 Å². The lowest BCUT2D eigenvalue weighted by atomic mass is 10.1. The minimum Gasteiger partial charge on any atom is -0.297 e. The largest absolute Gasteiger partial charge is 0.297 e. The summed E-state index contributed by atoms with van der Waals surface area (Å²) in [5.41, 5.74) is 6.08. The molecule has 2 aromatic rings. The van der Waals surface area contributed by atoms with Crippen molar-refractivity contribution >= 4 is 13.8 Å². The van der Waals surface area contributed by atoms with Crippen LogP contribution in [-0.4, -0.2) is 38.1 Å². The molecule has 0 saturated carbocycles. The zero-order valence-electron chi connectivity index (χ0n) is 15.7. The molecule has 1 heterocycles. The van der Waals surface area contributed by atoms with E-state index in [9.17, 15) is 5.21 Å². The Morgan fingerprint density at radius 3 is 2.54 bits per heavy atom. The van der Waals surface area contributed by atoms with Crippen LogP contribution in [0.3, 0.4) is 0 Å². The molecule has 0 fully saturated rings. The third-order valence-corrected chi connectivity index (χ3v) is 4.99. The van der Waals surface area contributed by atoms with Gasteiger partial charge in [-0.25, -0.2) is 0 Å². The molecule has 0 radical (unpaired) electrons. The minimum absolute atomic E-state index is 0.182. The molecule has 1 aliphatic rings. The first kappa shape index (κ1) is 18.4. The molecule has 3 rings (SSSR count). The Bertz CT molecular complexity index is 968. The van der Waals surface area contributed by atoms with Crippen molar-refractivity contribution in [2.45, 2.75) is 25.8 Å². The van der Waals surface area contributed by atoms with Gasteiger partial charge in [0.15, 0.2) is 0 Å². The molecule has 134 valence electrons. The van der Waals surface area contributed by atoms with Crippen LogP contribution >= 0.6 is 0 Å². The zero-order valence-corrected chi connectivity index (χ0v) is 16.7. The standard InChI is InChI=1S/C21H25N3OSi/c1-22-20-15-24(25)21(17-8-6-5-7-9-17)18-14-16(10-11-19(18)23-20)12-13-26(2,3)4/h5-11,14,20,22,25H,15H2,1-4H3. The summed E-state index contributed by atoms with van der Waals surface area (Å²) in [6, 6.07) is 16.0. The van der Waals surface area contributed by atoms with Crippen LogP contribution < -0.4 is 15.9 Å². The first-order valence-electron chi connectivity index (χ1n) is 8.82. The highest BCUT2D eigenvalue weighted by Crippen LogP contribution is 2.15. The van der Waals surface area contributed by atoms with E-state index in [4.69, 9.17) is 4.99 Å². The molecular weight excluding hydrogens is 338 g/mol. The summed E-state index contributed by atoms with van der Waals surface area (Å²) >= 11 is 0. The Morgan fingerprint density at radius 1 is 1.15 bits per heavy atom. The molecule has 0 aliphatic carbocycles. The average molecular weight is 364 g/mol. The van der Waals surface area contributed by atoms with E-state index in [1.807, 2.05) is 55.6 Å². The van der Waals surface area contributed by atoms with E-state index in [1.54, 1.807) is 0 Å². The van der Waals surface area contributed by atoms with E-state index in [0.717, 1.165) is 27.4 Å². The van der Waals surface area contributed by atoms with Gasteiger partial charge in [0.25, 0.3) is 0 Å². The quantitative estimate of drug-likeness (QED) is 0.633. The fraction of sp³-hybridized carbons (Fsp3) is 0.286. The molecule has 1 unspecified atom stereocenters. The van der Waals surface area contributed by atoms with E-state index in [2.05, 4.69) is 36.4 Å². The smallest absolute Gasteiger partial charge is 0.129 e. The number of benzene rings is 2. The minimum atomic E-state index is -1.46. The van der Waals surface area contributed by atoms with Gasteiger partial charge in [-0.05, 0) is 25.2 Å². The second-order valence-corrected chi connectivity index (χ2v) is 12.2. The van der Waals surface area contributed by atoms with Gasteiger partial charge in [0.2, 0.25) is 0 Å². The molecule has 4 nitrogen and oxygen atoms in total. The summed E-state index contributed by atoms with van der Waals surface area (Å²) in [6.07, 6.45) is -0.182. The fourth-order valence-corrected chi connectivity index (χ4v) is 3.35. The highest BCUT2D eigenvalue weighted by Gasteiger charge is 2.19. The van der Waals surface area contributed by atoms with Crippen molar-refractivity contribution in [3.63, 3.8) is 0 Å². The maximum atomic E-state index is 10.8. The van der Waals surface area contributed by atoms with Crippen LogP contribution in [0.2, 0.25) is 19.6 Å². The molecule has 5 heteroatoms. The van der Waals surface area contributed by atoms with Gasteiger partial charge in [0, 0.05) is 16.3 Å². The van der Waals surface area contributed by atoms with Crippen LogP contribution in [0.5, 0.6) is 0 Å². The van der Waals surface area contributed by atoms with Crippen molar-refractivity contribution in [3.05, 3.63) is 70.2 Å². The number of hydroxylamine groups is 2. The summed E-state index contributed by atoms with van der Waals surface area (Å²) in [7, 11) is 0.392. The van der Waals surface area contributed by atoms with Crippen molar-refractivity contribution in [2.24, 2.45) is 4.99 Å². The zero-order chi connectivity index (χ0) is 18.7. The third kappa shape index (κ3) is 4.22. The SMILES string of the molecule is CNC1CN(O)C(c2ccccc2)=c2cc(C#C[Si](C)(C)C)ccc2=N1. The highest BCUT2D eigenvalue weighted by atomic mass is 28.3. The van der Waals surface area contributed by atoms with Gasteiger partial charge in [-0.15, -0.1) is 5.54 Å². The lowest BCUT2D eigenvalue weighted by Gasteiger charge is -2.22. The lowest BCUT2D eigenvalue weighted by Crippen LogP contribution is -2.35. The molecule has 0 bridgehead atoms. The fourth-order valence-electron chi connectivity index (χ4n) is 2.83. The van der Waals surface area contributed by atoms with E-state index < -0.39 is 8.07 Å². The Labute approximate surface area is 155 Å². The molecule has 1 atom stereocenters. The number of nitrogens with one attached hydrogen (secondary N) is 1. The number of rotatable bonds is 2. The van der Waals surface area contributed by atoms with Gasteiger partial charge in [-0.2, -0.15) is 0 Å². The number of hydrogen-bond acceptors (Lipinski definition) is 4. The first-order valence-corrected chi connectivity index (χ1v) is 12.3. The Kier molecular flexibility index (Phi) is 5.28. The summed E-state index contributed by atoms with van der Waals surface area (Å²) in [5, 5.41) is 17.0. The molecule has 0 amide bonds. The van der Waals surface area contributed by atoms with Crippen molar-refractivity contribution in [2.75, 3.05) is 13.6 Å². The molecule has 2 aromatic carbocycles. The lowest BCUT2D eigenvalue weighted by molar-refractivity contribution is -0.0332. The van der Waals surface area contributed by atoms with E-state index >= 15 is 0 Å². The molecule has 0 saturated heterocycles. The molecule has 0 aromatic heterocycles. The number of fused-ring (bicyclic) bond motifs is 1. The summed E-state index contributed by atoms with van der Waals surface area (Å²) in [6.45, 7) is 7.07. The van der Waals surface area contributed by atoms with Gasteiger partial charge in [-0.3, -0.25) is 20.6 Å². The van der Waals surface area contributed by atoms with Gasteiger partial charge in [-0.1, -0.05) is 55.9 Å². The van der Waals surface area contributed by atoms with Crippen molar-refractivity contribution in [1.82, 2.24) is 10.4 Å². The topological polar surface area (TPSA) is 47.9 Å². The number of hydrogen-bond donors (Lipinski definition) is 2. The van der Waals surface area contributed by atoms with E-state index in [-0.39, 0.29) is 6.17 Å². The van der Waals surface area contributed by atoms with Crippen molar-refractivity contribution in [3.8, 4) is 11.5 Å². The highest BCUT2D eigenvalue weighted by molar-refractivity contribution is 6.83.